The zero-order chi connectivity index (χ0) is 20.2. The zero-order valence-corrected chi connectivity index (χ0v) is 17.1. The van der Waals surface area contributed by atoms with Gasteiger partial charge in [0.1, 0.15) is 6.10 Å². The van der Waals surface area contributed by atoms with Gasteiger partial charge in [-0.05, 0) is 79.9 Å². The van der Waals surface area contributed by atoms with E-state index in [4.69, 9.17) is 15.7 Å². The second kappa shape index (κ2) is 6.83. The van der Waals surface area contributed by atoms with E-state index in [2.05, 4.69) is 18.3 Å². The van der Waals surface area contributed by atoms with Crippen LogP contribution in [0.15, 0.2) is 18.2 Å². The molecule has 1 aromatic rings. The van der Waals surface area contributed by atoms with Gasteiger partial charge in [0.05, 0.1) is 23.0 Å². The number of nitrogen functional groups attached to an aromatic ring is 1. The van der Waals surface area contributed by atoms with Gasteiger partial charge in [-0.25, -0.2) is 4.79 Å². The second-order valence-electron chi connectivity index (χ2n) is 10.1. The molecule has 0 aromatic heterocycles. The van der Waals surface area contributed by atoms with Crippen molar-refractivity contribution in [2.75, 3.05) is 24.1 Å². The van der Waals surface area contributed by atoms with Crippen LogP contribution in [0.25, 0.3) is 0 Å². The lowest BCUT2D eigenvalue weighted by molar-refractivity contribution is -0.133. The molecule has 5 fully saturated rings. The molecule has 1 aromatic carbocycles. The highest BCUT2D eigenvalue weighted by Gasteiger charge is 2.55. The fourth-order valence-electron chi connectivity index (χ4n) is 6.80. The molecule has 1 saturated heterocycles. The summed E-state index contributed by atoms with van der Waals surface area (Å²) in [4.78, 5) is 14.7. The van der Waals surface area contributed by atoms with Crippen LogP contribution in [0, 0.1) is 34.5 Å². The fourth-order valence-corrected chi connectivity index (χ4v) is 6.80. The summed E-state index contributed by atoms with van der Waals surface area (Å²) in [5, 5.41) is 12.4. The maximum atomic E-state index is 12.9. The Morgan fingerprint density at radius 1 is 1.31 bits per heavy atom. The summed E-state index contributed by atoms with van der Waals surface area (Å²) < 4.78 is 6.11. The standard InChI is InChI=1S/C23H30N4O2/c1-23-9-15-6-16(10-23)21(17(7-15)11-23)29-22(28)27-5-4-18(13-27)26-20-3-2-14(12-24)8-19(20)25/h2-3,8,15-18,21,26H,4-7,9-11,13,25H2,1H3/t15?,16?,17?,18-,21-,23+/m1/s1. The number of carbonyl (C=O) groups is 1. The molecular weight excluding hydrogens is 364 g/mol. The summed E-state index contributed by atoms with van der Waals surface area (Å²) in [7, 11) is 0. The van der Waals surface area contributed by atoms with Crippen LogP contribution in [0.5, 0.6) is 0 Å². The van der Waals surface area contributed by atoms with Gasteiger partial charge in [-0.15, -0.1) is 0 Å². The van der Waals surface area contributed by atoms with Crippen molar-refractivity contribution in [3.63, 3.8) is 0 Å². The predicted octanol–water partition coefficient (Wildman–Crippen LogP) is 3.98. The van der Waals surface area contributed by atoms with Gasteiger partial charge in [-0.1, -0.05) is 6.92 Å². The number of anilines is 2. The Labute approximate surface area is 172 Å². The van der Waals surface area contributed by atoms with Gasteiger partial charge in [0.2, 0.25) is 0 Å². The Hall–Kier alpha value is -2.42. The Balaban J connectivity index is 1.18. The SMILES string of the molecule is C[C@]12CC3CC(C1)[C@@H](OC(=O)N1CC[C@@H](Nc4ccc(C#N)cc4N)C1)C(C3)C2. The average Bonchev–Trinajstić information content (AvgIpc) is 3.13. The molecule has 2 unspecified atom stereocenters. The summed E-state index contributed by atoms with van der Waals surface area (Å²) in [6.07, 6.45) is 7.14. The summed E-state index contributed by atoms with van der Waals surface area (Å²) in [6, 6.07) is 7.52. The van der Waals surface area contributed by atoms with Crippen LogP contribution in [-0.4, -0.2) is 36.2 Å². The summed E-state index contributed by atoms with van der Waals surface area (Å²) in [5.41, 5.74) is 8.47. The molecule has 1 aliphatic heterocycles. The van der Waals surface area contributed by atoms with Gasteiger partial charge >= 0.3 is 6.09 Å². The van der Waals surface area contributed by atoms with Crippen LogP contribution in [0.3, 0.4) is 0 Å². The van der Waals surface area contributed by atoms with Gasteiger partial charge < -0.3 is 20.7 Å². The van der Waals surface area contributed by atoms with Crippen molar-refractivity contribution in [3.05, 3.63) is 23.8 Å². The molecule has 4 saturated carbocycles. The second-order valence-corrected chi connectivity index (χ2v) is 10.1. The smallest absolute Gasteiger partial charge is 0.410 e. The summed E-state index contributed by atoms with van der Waals surface area (Å²) in [6.45, 7) is 3.76. The highest BCUT2D eigenvalue weighted by atomic mass is 16.6. The lowest BCUT2D eigenvalue weighted by atomic mass is 9.49. The molecule has 6 rings (SSSR count). The van der Waals surface area contributed by atoms with Crippen LogP contribution in [0.2, 0.25) is 0 Å². The Morgan fingerprint density at radius 2 is 2.07 bits per heavy atom. The Morgan fingerprint density at radius 3 is 2.72 bits per heavy atom. The molecule has 3 atom stereocenters. The lowest BCUT2D eigenvalue weighted by Crippen LogP contribution is -2.54. The number of rotatable bonds is 3. The van der Waals surface area contributed by atoms with Crippen LogP contribution < -0.4 is 11.1 Å². The molecule has 1 amide bonds. The molecule has 0 spiro atoms. The number of benzene rings is 1. The largest absolute Gasteiger partial charge is 0.446 e. The zero-order valence-electron chi connectivity index (χ0n) is 17.1. The molecule has 5 aliphatic rings. The van der Waals surface area contributed by atoms with E-state index in [1.807, 2.05) is 11.0 Å². The number of nitrogens with one attached hydrogen (secondary N) is 1. The Bertz CT molecular complexity index is 847. The minimum Gasteiger partial charge on any atom is -0.446 e. The summed E-state index contributed by atoms with van der Waals surface area (Å²) >= 11 is 0. The van der Waals surface area contributed by atoms with Gasteiger partial charge in [0, 0.05) is 19.1 Å². The van der Waals surface area contributed by atoms with Crippen LogP contribution in [-0.2, 0) is 4.74 Å². The number of hydrogen-bond donors (Lipinski definition) is 2. The van der Waals surface area contributed by atoms with Crippen molar-refractivity contribution >= 4 is 17.5 Å². The lowest BCUT2D eigenvalue weighted by Gasteiger charge is -2.58. The first-order chi connectivity index (χ1) is 13.9. The third kappa shape index (κ3) is 3.41. The average molecular weight is 395 g/mol. The van der Waals surface area contributed by atoms with E-state index in [1.165, 1.54) is 32.1 Å². The molecule has 4 bridgehead atoms. The van der Waals surface area contributed by atoms with Crippen molar-refractivity contribution in [2.45, 2.75) is 57.6 Å². The third-order valence-electron chi connectivity index (χ3n) is 7.72. The third-order valence-corrected chi connectivity index (χ3v) is 7.72. The van der Waals surface area contributed by atoms with Gasteiger partial charge in [0.15, 0.2) is 0 Å². The predicted molar refractivity (Wildman–Crippen MR) is 111 cm³/mol. The first-order valence-electron chi connectivity index (χ1n) is 10.9. The van der Waals surface area contributed by atoms with E-state index in [0.29, 0.717) is 41.6 Å². The number of nitriles is 1. The maximum absolute atomic E-state index is 12.9. The van der Waals surface area contributed by atoms with Crippen molar-refractivity contribution in [1.82, 2.24) is 4.90 Å². The van der Waals surface area contributed by atoms with Crippen LogP contribution >= 0.6 is 0 Å². The van der Waals surface area contributed by atoms with E-state index in [9.17, 15) is 4.79 Å². The first kappa shape index (κ1) is 18.6. The molecule has 3 N–H and O–H groups in total. The van der Waals surface area contributed by atoms with Crippen LogP contribution in [0.4, 0.5) is 16.2 Å². The number of amides is 1. The number of carbonyl (C=O) groups excluding carboxylic acids is 1. The van der Waals surface area contributed by atoms with Crippen molar-refractivity contribution in [1.29, 1.82) is 5.26 Å². The van der Waals surface area contributed by atoms with E-state index < -0.39 is 0 Å². The number of nitrogens with zero attached hydrogens (tertiary/aromatic N) is 2. The topological polar surface area (TPSA) is 91.4 Å². The van der Waals surface area contributed by atoms with Gasteiger partial charge in [0.25, 0.3) is 0 Å². The van der Waals surface area contributed by atoms with Gasteiger partial charge in [-0.2, -0.15) is 5.26 Å². The van der Waals surface area contributed by atoms with E-state index >= 15 is 0 Å². The number of ether oxygens (including phenoxy) is 1. The summed E-state index contributed by atoms with van der Waals surface area (Å²) in [5.74, 6) is 1.97. The highest BCUT2D eigenvalue weighted by Crippen LogP contribution is 2.60. The normalized spacial score (nSPS) is 37.4. The molecular formula is C23H30N4O2. The van der Waals surface area contributed by atoms with Gasteiger partial charge in [-0.3, -0.25) is 0 Å². The minimum absolute atomic E-state index is 0.119. The quantitative estimate of drug-likeness (QED) is 0.757. The number of likely N-dealkylation sites (tertiary alicyclic amines) is 1. The molecule has 0 radical (unpaired) electrons. The molecule has 4 aliphatic carbocycles. The Kier molecular flexibility index (Phi) is 4.38. The van der Waals surface area contributed by atoms with E-state index in [0.717, 1.165) is 18.0 Å². The van der Waals surface area contributed by atoms with E-state index in [-0.39, 0.29) is 18.2 Å². The minimum atomic E-state index is -0.148. The van der Waals surface area contributed by atoms with Crippen molar-refractivity contribution in [2.24, 2.45) is 23.2 Å². The molecule has 29 heavy (non-hydrogen) atoms. The fraction of sp³-hybridized carbons (Fsp3) is 0.652. The van der Waals surface area contributed by atoms with Crippen molar-refractivity contribution < 1.29 is 9.53 Å². The molecule has 6 heteroatoms. The first-order valence-corrected chi connectivity index (χ1v) is 10.9. The molecule has 6 nitrogen and oxygen atoms in total. The highest BCUT2D eigenvalue weighted by molar-refractivity contribution is 5.70. The maximum Gasteiger partial charge on any atom is 0.410 e. The number of hydrogen-bond acceptors (Lipinski definition) is 5. The molecule has 1 heterocycles. The van der Waals surface area contributed by atoms with E-state index in [1.54, 1.807) is 12.1 Å². The van der Waals surface area contributed by atoms with Crippen LogP contribution in [0.1, 0.15) is 51.0 Å². The van der Waals surface area contributed by atoms with Crippen molar-refractivity contribution in [3.8, 4) is 6.07 Å². The number of nitrogens with two attached hydrogens (primary N) is 1. The molecule has 154 valence electrons. The monoisotopic (exact) mass is 394 g/mol.